The standard InChI is InChI=1S/C50H97N5O/c1-7-9-11-13-15-17-19-21-23-25-27-29-31-33-35-37-39-48(40-38-36-34-32-30-28-26-24-22-20-18-16-14-12-10-8-2)51-50(56)49-47-54(43-41-52(3)4)44-46-55(49)45-42-53(5)6/h15-18,21-24,48-51,56H,7-14,19-20,25-47H2,1-6H3/b17-15-,18-16-,23-21-,24-22-. The van der Waals surface area contributed by atoms with E-state index in [4.69, 9.17) is 0 Å². The molecule has 1 saturated heterocycles. The summed E-state index contributed by atoms with van der Waals surface area (Å²) in [5.41, 5.74) is 0. The maximum atomic E-state index is 11.8. The molecule has 0 aliphatic carbocycles. The van der Waals surface area contributed by atoms with Gasteiger partial charge in [-0.2, -0.15) is 0 Å². The largest absolute Gasteiger partial charge is 0.377 e. The summed E-state index contributed by atoms with van der Waals surface area (Å²) in [5, 5.41) is 15.7. The number of unbranched alkanes of at least 4 members (excludes halogenated alkanes) is 18. The van der Waals surface area contributed by atoms with Crippen molar-refractivity contribution in [2.75, 3.05) is 74.0 Å². The number of aliphatic hydroxyl groups is 1. The Hall–Kier alpha value is -1.28. The fourth-order valence-corrected chi connectivity index (χ4v) is 7.78. The summed E-state index contributed by atoms with van der Waals surface area (Å²) in [6.07, 6.45) is 51.7. The number of nitrogens with one attached hydrogen (secondary N) is 1. The van der Waals surface area contributed by atoms with Gasteiger partial charge in [0.2, 0.25) is 0 Å². The highest BCUT2D eigenvalue weighted by molar-refractivity contribution is 4.94. The van der Waals surface area contributed by atoms with Crippen LogP contribution < -0.4 is 5.32 Å². The van der Waals surface area contributed by atoms with Crippen LogP contribution in [0.3, 0.4) is 0 Å². The number of rotatable bonds is 39. The maximum absolute atomic E-state index is 11.8. The molecule has 0 aromatic rings. The van der Waals surface area contributed by atoms with Crippen LogP contribution in [0.5, 0.6) is 0 Å². The van der Waals surface area contributed by atoms with Gasteiger partial charge in [0, 0.05) is 51.9 Å². The van der Waals surface area contributed by atoms with Crippen LogP contribution in [-0.2, 0) is 0 Å². The third-order valence-electron chi connectivity index (χ3n) is 11.6. The van der Waals surface area contributed by atoms with Gasteiger partial charge in [0.1, 0.15) is 6.23 Å². The Morgan fingerprint density at radius 3 is 1.39 bits per heavy atom. The summed E-state index contributed by atoms with van der Waals surface area (Å²) in [4.78, 5) is 9.68. The van der Waals surface area contributed by atoms with E-state index in [1.165, 1.54) is 154 Å². The van der Waals surface area contributed by atoms with Crippen molar-refractivity contribution in [2.45, 2.75) is 199 Å². The van der Waals surface area contributed by atoms with Crippen LogP contribution in [-0.4, -0.2) is 117 Å². The minimum absolute atomic E-state index is 0.139. The first kappa shape index (κ1) is 52.7. The molecule has 2 unspecified atom stereocenters. The van der Waals surface area contributed by atoms with Gasteiger partial charge in [0.25, 0.3) is 0 Å². The highest BCUT2D eigenvalue weighted by Crippen LogP contribution is 2.19. The Morgan fingerprint density at radius 2 is 0.946 bits per heavy atom. The van der Waals surface area contributed by atoms with Crippen molar-refractivity contribution in [3.8, 4) is 0 Å². The van der Waals surface area contributed by atoms with Crippen LogP contribution in [0.25, 0.3) is 0 Å². The van der Waals surface area contributed by atoms with Crippen molar-refractivity contribution in [1.29, 1.82) is 0 Å². The summed E-state index contributed by atoms with van der Waals surface area (Å²) in [6, 6.07) is 0.537. The van der Waals surface area contributed by atoms with E-state index in [2.05, 4.69) is 116 Å². The lowest BCUT2D eigenvalue weighted by Crippen LogP contribution is -2.63. The predicted octanol–water partition coefficient (Wildman–Crippen LogP) is 11.8. The number of piperazine rings is 1. The molecule has 0 amide bonds. The van der Waals surface area contributed by atoms with Crippen molar-refractivity contribution < 1.29 is 5.11 Å². The van der Waals surface area contributed by atoms with Gasteiger partial charge in [-0.05, 0) is 105 Å². The van der Waals surface area contributed by atoms with E-state index < -0.39 is 6.23 Å². The molecule has 6 heteroatoms. The quantitative estimate of drug-likeness (QED) is 0.0368. The lowest BCUT2D eigenvalue weighted by molar-refractivity contribution is -0.0298. The molecule has 1 fully saturated rings. The fourth-order valence-electron chi connectivity index (χ4n) is 7.78. The van der Waals surface area contributed by atoms with Gasteiger partial charge >= 0.3 is 0 Å². The van der Waals surface area contributed by atoms with Crippen molar-refractivity contribution in [2.24, 2.45) is 0 Å². The maximum Gasteiger partial charge on any atom is 0.122 e. The van der Waals surface area contributed by atoms with E-state index in [1.54, 1.807) is 0 Å². The lowest BCUT2D eigenvalue weighted by Gasteiger charge is -2.44. The van der Waals surface area contributed by atoms with Crippen molar-refractivity contribution in [3.63, 3.8) is 0 Å². The van der Waals surface area contributed by atoms with Crippen molar-refractivity contribution in [1.82, 2.24) is 24.9 Å². The molecule has 1 aliphatic rings. The molecular formula is C50H97N5O. The zero-order valence-corrected chi connectivity index (χ0v) is 38.4. The van der Waals surface area contributed by atoms with E-state index in [9.17, 15) is 5.11 Å². The average molecular weight is 784 g/mol. The molecule has 0 bridgehead atoms. The molecule has 1 heterocycles. The first-order valence-corrected chi connectivity index (χ1v) is 24.2. The summed E-state index contributed by atoms with van der Waals surface area (Å²) in [6.45, 7) is 11.8. The molecule has 56 heavy (non-hydrogen) atoms. The molecule has 0 saturated carbocycles. The van der Waals surface area contributed by atoms with Crippen molar-refractivity contribution in [3.05, 3.63) is 48.6 Å². The molecule has 2 N–H and O–H groups in total. The van der Waals surface area contributed by atoms with Gasteiger partial charge in [0.05, 0.1) is 6.04 Å². The smallest absolute Gasteiger partial charge is 0.122 e. The molecule has 0 spiro atoms. The van der Waals surface area contributed by atoms with Gasteiger partial charge in [-0.25, -0.2) is 0 Å². The van der Waals surface area contributed by atoms with Crippen LogP contribution >= 0.6 is 0 Å². The third kappa shape index (κ3) is 32.7. The third-order valence-corrected chi connectivity index (χ3v) is 11.6. The first-order valence-electron chi connectivity index (χ1n) is 24.2. The topological polar surface area (TPSA) is 45.2 Å². The van der Waals surface area contributed by atoms with E-state index in [0.29, 0.717) is 6.04 Å². The lowest BCUT2D eigenvalue weighted by atomic mass is 9.98. The Kier molecular flexibility index (Phi) is 36.9. The molecule has 1 rings (SSSR count). The minimum atomic E-state index is -0.487. The Balaban J connectivity index is 2.51. The van der Waals surface area contributed by atoms with Crippen LogP contribution in [0.1, 0.15) is 181 Å². The first-order chi connectivity index (χ1) is 27.4. The van der Waals surface area contributed by atoms with Gasteiger partial charge in [-0.15, -0.1) is 0 Å². The molecule has 0 aromatic carbocycles. The van der Waals surface area contributed by atoms with Crippen LogP contribution in [0, 0.1) is 0 Å². The van der Waals surface area contributed by atoms with Crippen LogP contribution in [0.15, 0.2) is 48.6 Å². The van der Waals surface area contributed by atoms with Gasteiger partial charge < -0.3 is 14.9 Å². The highest BCUT2D eigenvalue weighted by atomic mass is 16.3. The number of hydrogen-bond acceptors (Lipinski definition) is 6. The second-order valence-electron chi connectivity index (χ2n) is 17.6. The molecule has 0 radical (unpaired) electrons. The average Bonchev–Trinajstić information content (AvgIpc) is 3.18. The van der Waals surface area contributed by atoms with E-state index in [1.807, 2.05) is 0 Å². The predicted molar refractivity (Wildman–Crippen MR) is 250 cm³/mol. The van der Waals surface area contributed by atoms with Crippen molar-refractivity contribution >= 4 is 0 Å². The molecule has 1 aliphatic heterocycles. The second-order valence-corrected chi connectivity index (χ2v) is 17.6. The van der Waals surface area contributed by atoms with E-state index >= 15 is 0 Å². The Labute approximate surface area is 350 Å². The molecule has 0 aromatic heterocycles. The Bertz CT molecular complexity index is 898. The number of likely N-dealkylation sites (N-methyl/N-ethyl adjacent to an activating group) is 2. The number of nitrogens with zero attached hydrogens (tertiary/aromatic N) is 4. The summed E-state index contributed by atoms with van der Waals surface area (Å²) >= 11 is 0. The summed E-state index contributed by atoms with van der Waals surface area (Å²) < 4.78 is 0. The van der Waals surface area contributed by atoms with Gasteiger partial charge in [-0.1, -0.05) is 152 Å². The summed E-state index contributed by atoms with van der Waals surface area (Å²) in [5.74, 6) is 0. The number of aliphatic hydroxyl groups excluding tert-OH is 1. The normalized spacial score (nSPS) is 16.9. The Morgan fingerprint density at radius 1 is 0.536 bits per heavy atom. The number of allylic oxidation sites excluding steroid dienone is 8. The highest BCUT2D eigenvalue weighted by Gasteiger charge is 2.33. The van der Waals surface area contributed by atoms with Gasteiger partial charge in [0.15, 0.2) is 0 Å². The van der Waals surface area contributed by atoms with Crippen LogP contribution in [0.4, 0.5) is 0 Å². The zero-order chi connectivity index (χ0) is 40.7. The molecule has 328 valence electrons. The van der Waals surface area contributed by atoms with E-state index in [0.717, 1.165) is 58.7 Å². The molecule has 2 atom stereocenters. The SMILES string of the molecule is CCCCC/C=C\C/C=C\CCCCCCCCC(CCCCCCCC/C=C\C/C=C\CCCCC)NC(O)C1CN(CCN(C)C)CCN1CCN(C)C. The van der Waals surface area contributed by atoms with Crippen LogP contribution in [0.2, 0.25) is 0 Å². The summed E-state index contributed by atoms with van der Waals surface area (Å²) in [7, 11) is 8.64. The second kappa shape index (κ2) is 39.2. The van der Waals surface area contributed by atoms with E-state index in [-0.39, 0.29) is 6.04 Å². The monoisotopic (exact) mass is 784 g/mol. The van der Waals surface area contributed by atoms with Gasteiger partial charge in [-0.3, -0.25) is 15.1 Å². The number of hydrogen-bond donors (Lipinski definition) is 2. The minimum Gasteiger partial charge on any atom is -0.377 e. The molecule has 6 nitrogen and oxygen atoms in total. The molecular weight excluding hydrogens is 687 g/mol. The zero-order valence-electron chi connectivity index (χ0n) is 38.4. The fraction of sp³-hybridized carbons (Fsp3) is 0.840.